The maximum Gasteiger partial charge on any atom is 0.258 e. The van der Waals surface area contributed by atoms with Gasteiger partial charge in [0.25, 0.3) is 5.91 Å². The molecule has 4 rings (SSSR count). The Bertz CT molecular complexity index is 1140. The van der Waals surface area contributed by atoms with Crippen molar-refractivity contribution >= 4 is 29.1 Å². The van der Waals surface area contributed by atoms with Gasteiger partial charge in [0.05, 0.1) is 22.2 Å². The number of β-amino-alcohol motifs (C(OH)–C–C–N with tert-alkyl or cyclic N) is 1. The largest absolute Gasteiger partial charge is 0.391 e. The van der Waals surface area contributed by atoms with Crippen molar-refractivity contribution < 1.29 is 23.9 Å². The van der Waals surface area contributed by atoms with Crippen LogP contribution in [-0.4, -0.2) is 63.1 Å². The Balaban J connectivity index is 1.42. The summed E-state index contributed by atoms with van der Waals surface area (Å²) in [7, 11) is 0. The number of thiazole rings is 1. The highest BCUT2D eigenvalue weighted by Gasteiger charge is 2.53. The van der Waals surface area contributed by atoms with E-state index in [9.17, 15) is 23.9 Å². The van der Waals surface area contributed by atoms with Crippen LogP contribution in [0, 0.1) is 12.3 Å². The summed E-state index contributed by atoms with van der Waals surface area (Å²) < 4.78 is 14.3. The Morgan fingerprint density at radius 1 is 1.25 bits per heavy atom. The van der Waals surface area contributed by atoms with Crippen LogP contribution in [0.5, 0.6) is 0 Å². The summed E-state index contributed by atoms with van der Waals surface area (Å²) in [6.45, 7) is 7.51. The fourth-order valence-electron chi connectivity index (χ4n) is 4.38. The van der Waals surface area contributed by atoms with Gasteiger partial charge in [-0.15, -0.1) is 11.3 Å². The molecule has 10 heteroatoms. The number of carbonyl (C=O) groups excluding carboxylic acids is 3. The summed E-state index contributed by atoms with van der Waals surface area (Å²) in [5.41, 5.74) is 2.08. The van der Waals surface area contributed by atoms with Crippen LogP contribution in [0.25, 0.3) is 10.4 Å². The average Bonchev–Trinajstić information content (AvgIpc) is 3.23. The highest BCUT2D eigenvalue weighted by molar-refractivity contribution is 7.13. The number of amides is 3. The van der Waals surface area contributed by atoms with E-state index in [0.29, 0.717) is 0 Å². The van der Waals surface area contributed by atoms with Gasteiger partial charge in [-0.2, -0.15) is 0 Å². The summed E-state index contributed by atoms with van der Waals surface area (Å²) >= 11 is 1.57. The van der Waals surface area contributed by atoms with Gasteiger partial charge in [0.2, 0.25) is 11.8 Å². The molecule has 194 valence electrons. The zero-order valence-electron chi connectivity index (χ0n) is 21.0. The minimum absolute atomic E-state index is 0.0248. The number of halogens is 1. The summed E-state index contributed by atoms with van der Waals surface area (Å²) in [4.78, 5) is 45.6. The summed E-state index contributed by atoms with van der Waals surface area (Å²) in [5, 5.41) is 15.7. The molecule has 2 aromatic rings. The molecule has 1 saturated heterocycles. The lowest BCUT2D eigenvalue weighted by Crippen LogP contribution is -2.59. The summed E-state index contributed by atoms with van der Waals surface area (Å²) in [6.07, 6.45) is -0.484. The quantitative estimate of drug-likeness (QED) is 0.524. The predicted octanol–water partition coefficient (Wildman–Crippen LogP) is 2.73. The number of aryl methyl sites for hydroxylation is 1. The molecule has 2 heterocycles. The molecule has 0 radical (unpaired) electrons. The van der Waals surface area contributed by atoms with Crippen LogP contribution in [0.3, 0.4) is 0 Å². The number of nitrogens with one attached hydrogen (secondary N) is 2. The van der Waals surface area contributed by atoms with E-state index < -0.39 is 41.1 Å². The second-order valence-electron chi connectivity index (χ2n) is 10.8. The molecule has 3 atom stereocenters. The van der Waals surface area contributed by atoms with Crippen molar-refractivity contribution in [1.82, 2.24) is 20.5 Å². The number of carbonyl (C=O) groups is 3. The first kappa shape index (κ1) is 26.2. The molecule has 36 heavy (non-hydrogen) atoms. The lowest BCUT2D eigenvalue weighted by Gasteiger charge is -2.35. The third-order valence-corrected chi connectivity index (χ3v) is 7.76. The molecule has 2 aliphatic rings. The molecular weight excluding hydrogens is 483 g/mol. The number of benzene rings is 1. The van der Waals surface area contributed by atoms with Crippen molar-refractivity contribution in [2.75, 3.05) is 6.54 Å². The third kappa shape index (κ3) is 5.59. The van der Waals surface area contributed by atoms with E-state index >= 15 is 0 Å². The first-order valence-electron chi connectivity index (χ1n) is 12.1. The van der Waals surface area contributed by atoms with Crippen LogP contribution < -0.4 is 10.6 Å². The Labute approximate surface area is 214 Å². The molecular formula is C26H33FN4O4S. The van der Waals surface area contributed by atoms with E-state index in [-0.39, 0.29) is 38.3 Å². The highest BCUT2D eigenvalue weighted by atomic mass is 32.1. The zero-order chi connectivity index (χ0) is 26.3. The maximum absolute atomic E-state index is 14.3. The fourth-order valence-corrected chi connectivity index (χ4v) is 5.19. The first-order chi connectivity index (χ1) is 16.9. The molecule has 3 amide bonds. The molecule has 1 aromatic heterocycles. The van der Waals surface area contributed by atoms with Crippen LogP contribution in [-0.2, 0) is 20.9 Å². The lowest BCUT2D eigenvalue weighted by molar-refractivity contribution is -0.145. The van der Waals surface area contributed by atoms with Gasteiger partial charge in [-0.25, -0.2) is 9.37 Å². The van der Waals surface area contributed by atoms with Crippen molar-refractivity contribution in [2.24, 2.45) is 5.41 Å². The number of hydrogen-bond acceptors (Lipinski definition) is 6. The normalized spacial score (nSPS) is 21.7. The number of likely N-dealkylation sites (tertiary alicyclic amines) is 1. The number of aliphatic hydroxyl groups excluding tert-OH is 1. The van der Waals surface area contributed by atoms with Gasteiger partial charge in [0, 0.05) is 19.5 Å². The standard InChI is InChI=1S/C26H33FN4O4S/c1-15-20(36-14-29-15)17-7-5-16(6-8-17)12-28-22(33)19-11-18(32)13-31(19)23(34)21(25(2,3)4)30-24(35)26(27)9-10-26/h5-8,14,18-19,21,32H,9-13H2,1-4H3,(H,28,33)(H,30,35)/t18-,19?,21-/m1/s1. The Kier molecular flexibility index (Phi) is 7.21. The smallest absolute Gasteiger partial charge is 0.258 e. The van der Waals surface area contributed by atoms with Gasteiger partial charge in [0.1, 0.15) is 12.1 Å². The Morgan fingerprint density at radius 2 is 1.92 bits per heavy atom. The number of aromatic nitrogens is 1. The van der Waals surface area contributed by atoms with E-state index in [1.165, 1.54) is 4.90 Å². The maximum atomic E-state index is 14.3. The van der Waals surface area contributed by atoms with Gasteiger partial charge >= 0.3 is 0 Å². The summed E-state index contributed by atoms with van der Waals surface area (Å²) in [6, 6.07) is 5.90. The van der Waals surface area contributed by atoms with Gasteiger partial charge in [-0.05, 0) is 36.3 Å². The number of hydrogen-bond donors (Lipinski definition) is 3. The minimum Gasteiger partial charge on any atom is -0.391 e. The van der Waals surface area contributed by atoms with Crippen LogP contribution in [0.4, 0.5) is 4.39 Å². The molecule has 1 aliphatic carbocycles. The van der Waals surface area contributed by atoms with Crippen molar-refractivity contribution in [3.8, 4) is 10.4 Å². The SMILES string of the molecule is Cc1ncsc1-c1ccc(CNC(=O)C2C[C@@H](O)CN2C(=O)[C@@H](NC(=O)C2(F)CC2)C(C)(C)C)cc1. The molecule has 8 nitrogen and oxygen atoms in total. The third-order valence-electron chi connectivity index (χ3n) is 6.78. The number of aliphatic hydroxyl groups is 1. The lowest BCUT2D eigenvalue weighted by atomic mass is 9.85. The molecule has 3 N–H and O–H groups in total. The number of rotatable bonds is 7. The Hall–Kier alpha value is -2.85. The molecule has 1 unspecified atom stereocenters. The van der Waals surface area contributed by atoms with Gasteiger partial charge in [0.15, 0.2) is 5.67 Å². The van der Waals surface area contributed by atoms with E-state index in [4.69, 9.17) is 0 Å². The minimum atomic E-state index is -1.92. The van der Waals surface area contributed by atoms with Crippen molar-refractivity contribution in [1.29, 1.82) is 0 Å². The van der Waals surface area contributed by atoms with E-state index in [0.717, 1.165) is 21.7 Å². The van der Waals surface area contributed by atoms with E-state index in [1.54, 1.807) is 37.6 Å². The second-order valence-corrected chi connectivity index (χ2v) is 11.7. The van der Waals surface area contributed by atoms with E-state index in [1.807, 2.05) is 31.2 Å². The average molecular weight is 517 g/mol. The van der Waals surface area contributed by atoms with Gasteiger partial charge < -0.3 is 20.6 Å². The first-order valence-corrected chi connectivity index (χ1v) is 13.0. The number of alkyl halides is 1. The van der Waals surface area contributed by atoms with Gasteiger partial charge in [-0.3, -0.25) is 14.4 Å². The molecule has 0 bridgehead atoms. The van der Waals surface area contributed by atoms with Crippen molar-refractivity contribution in [2.45, 2.75) is 77.4 Å². The molecule has 0 spiro atoms. The van der Waals surface area contributed by atoms with E-state index in [2.05, 4.69) is 15.6 Å². The highest BCUT2D eigenvalue weighted by Crippen LogP contribution is 2.40. The molecule has 1 aliphatic heterocycles. The second kappa shape index (κ2) is 9.89. The zero-order valence-corrected chi connectivity index (χ0v) is 21.8. The predicted molar refractivity (Wildman–Crippen MR) is 135 cm³/mol. The van der Waals surface area contributed by atoms with Crippen LogP contribution in [0.15, 0.2) is 29.8 Å². The Morgan fingerprint density at radius 3 is 2.47 bits per heavy atom. The molecule has 1 saturated carbocycles. The number of nitrogens with zero attached hydrogens (tertiary/aromatic N) is 2. The van der Waals surface area contributed by atoms with Gasteiger partial charge in [-0.1, -0.05) is 45.0 Å². The van der Waals surface area contributed by atoms with Crippen molar-refractivity contribution in [3.05, 3.63) is 41.0 Å². The molecule has 2 fully saturated rings. The van der Waals surface area contributed by atoms with Crippen LogP contribution in [0.2, 0.25) is 0 Å². The van der Waals surface area contributed by atoms with Crippen LogP contribution in [0.1, 0.15) is 51.3 Å². The fraction of sp³-hybridized carbons (Fsp3) is 0.538. The van der Waals surface area contributed by atoms with Crippen molar-refractivity contribution in [3.63, 3.8) is 0 Å². The summed E-state index contributed by atoms with van der Waals surface area (Å²) in [5.74, 6) is -1.68. The van der Waals surface area contributed by atoms with Crippen LogP contribution >= 0.6 is 11.3 Å². The monoisotopic (exact) mass is 516 g/mol. The topological polar surface area (TPSA) is 112 Å². The molecule has 1 aromatic carbocycles.